The number of aromatic nitrogens is 2. The first-order valence-electron chi connectivity index (χ1n) is 9.67. The molecule has 1 amide bonds. The molecule has 9 heteroatoms. The van der Waals surface area contributed by atoms with Crippen molar-refractivity contribution in [1.29, 1.82) is 0 Å². The molecule has 0 saturated heterocycles. The summed E-state index contributed by atoms with van der Waals surface area (Å²) in [6.07, 6.45) is 4.07. The van der Waals surface area contributed by atoms with Gasteiger partial charge in [-0.3, -0.25) is 14.5 Å². The summed E-state index contributed by atoms with van der Waals surface area (Å²) in [5.74, 6) is 0.282. The van der Waals surface area contributed by atoms with Crippen LogP contribution in [0.5, 0.6) is 0 Å². The number of hydrogen-bond acceptors (Lipinski definition) is 3. The molecule has 0 bridgehead atoms. The Labute approximate surface area is 198 Å². The number of guanidine groups is 1. The van der Waals surface area contributed by atoms with Crippen molar-refractivity contribution in [3.05, 3.63) is 83.9 Å². The highest BCUT2D eigenvalue weighted by atomic mass is 127. The molecule has 31 heavy (non-hydrogen) atoms. The van der Waals surface area contributed by atoms with Gasteiger partial charge in [-0.25, -0.2) is 4.39 Å². The van der Waals surface area contributed by atoms with Crippen LogP contribution in [0.4, 0.5) is 10.1 Å². The number of carbonyl (C=O) groups is 1. The van der Waals surface area contributed by atoms with Crippen LogP contribution >= 0.6 is 24.0 Å². The highest BCUT2D eigenvalue weighted by molar-refractivity contribution is 14.0. The summed E-state index contributed by atoms with van der Waals surface area (Å²) < 4.78 is 14.8. The molecule has 3 aromatic rings. The maximum Gasteiger partial charge on any atom is 0.246 e. The quantitative estimate of drug-likeness (QED) is 0.235. The van der Waals surface area contributed by atoms with Crippen molar-refractivity contribution < 1.29 is 9.18 Å². The van der Waals surface area contributed by atoms with Gasteiger partial charge in [0.15, 0.2) is 5.96 Å². The molecular formula is C22H26FIN6O. The number of amides is 1. The van der Waals surface area contributed by atoms with Crippen LogP contribution in [-0.4, -0.2) is 35.2 Å². The number of anilines is 1. The molecule has 0 aliphatic rings. The molecule has 0 unspecified atom stereocenters. The molecule has 0 aliphatic heterocycles. The van der Waals surface area contributed by atoms with Crippen LogP contribution in [0, 0.1) is 5.82 Å². The molecule has 1 heterocycles. The number of hydrogen-bond donors (Lipinski definition) is 3. The molecule has 164 valence electrons. The Morgan fingerprint density at radius 1 is 1.10 bits per heavy atom. The summed E-state index contributed by atoms with van der Waals surface area (Å²) in [5, 5.41) is 13.4. The normalized spacial score (nSPS) is 10.8. The van der Waals surface area contributed by atoms with Crippen molar-refractivity contribution in [2.45, 2.75) is 19.5 Å². The molecule has 0 atom stereocenters. The molecule has 0 fully saturated rings. The maximum atomic E-state index is 13.2. The smallest absolute Gasteiger partial charge is 0.246 e. The van der Waals surface area contributed by atoms with Gasteiger partial charge in [-0.05, 0) is 47.9 Å². The molecule has 7 nitrogen and oxygen atoms in total. The Bertz CT molecular complexity index is 993. The summed E-state index contributed by atoms with van der Waals surface area (Å²) in [4.78, 5) is 16.3. The van der Waals surface area contributed by atoms with E-state index in [4.69, 9.17) is 0 Å². The van der Waals surface area contributed by atoms with E-state index >= 15 is 0 Å². The second kappa shape index (κ2) is 12.7. The lowest BCUT2D eigenvalue weighted by Gasteiger charge is -2.13. The summed E-state index contributed by atoms with van der Waals surface area (Å²) in [5.41, 5.74) is 2.65. The van der Waals surface area contributed by atoms with Gasteiger partial charge in [-0.15, -0.1) is 24.0 Å². The van der Waals surface area contributed by atoms with Gasteiger partial charge in [0.25, 0.3) is 0 Å². The molecule has 3 rings (SSSR count). The molecule has 0 saturated carbocycles. The highest BCUT2D eigenvalue weighted by Crippen LogP contribution is 2.11. The van der Waals surface area contributed by atoms with Crippen LogP contribution in [0.2, 0.25) is 0 Å². The Kier molecular flexibility index (Phi) is 9.95. The van der Waals surface area contributed by atoms with E-state index in [1.54, 1.807) is 36.3 Å². The minimum atomic E-state index is -0.230. The first-order chi connectivity index (χ1) is 14.6. The Morgan fingerprint density at radius 3 is 2.65 bits per heavy atom. The molecule has 0 spiro atoms. The zero-order valence-electron chi connectivity index (χ0n) is 17.2. The number of nitrogens with zero attached hydrogens (tertiary/aromatic N) is 3. The largest absolute Gasteiger partial charge is 0.356 e. The van der Waals surface area contributed by atoms with Gasteiger partial charge in [0.2, 0.25) is 5.91 Å². The van der Waals surface area contributed by atoms with Gasteiger partial charge in [0, 0.05) is 38.2 Å². The Hall–Kier alpha value is -2.95. The SMILES string of the molecule is CN=C(NCCc1cccc(F)c1)NCc1cccc(NC(=O)Cn2cccn2)c1.I. The van der Waals surface area contributed by atoms with Crippen molar-refractivity contribution in [2.75, 3.05) is 18.9 Å². The zero-order chi connectivity index (χ0) is 21.2. The third-order valence-electron chi connectivity index (χ3n) is 4.35. The summed E-state index contributed by atoms with van der Waals surface area (Å²) >= 11 is 0. The number of rotatable bonds is 8. The zero-order valence-corrected chi connectivity index (χ0v) is 19.5. The highest BCUT2D eigenvalue weighted by Gasteiger charge is 2.05. The molecule has 1 aromatic heterocycles. The lowest BCUT2D eigenvalue weighted by atomic mass is 10.1. The van der Waals surface area contributed by atoms with Crippen LogP contribution in [0.3, 0.4) is 0 Å². The summed E-state index contributed by atoms with van der Waals surface area (Å²) in [6, 6.07) is 16.0. The fourth-order valence-electron chi connectivity index (χ4n) is 2.92. The number of benzene rings is 2. The van der Waals surface area contributed by atoms with E-state index in [0.29, 0.717) is 25.5 Å². The number of nitrogens with one attached hydrogen (secondary N) is 3. The van der Waals surface area contributed by atoms with Gasteiger partial charge < -0.3 is 16.0 Å². The van der Waals surface area contributed by atoms with Gasteiger partial charge >= 0.3 is 0 Å². The fraction of sp³-hybridized carbons (Fsp3) is 0.227. The minimum absolute atomic E-state index is 0. The maximum absolute atomic E-state index is 13.2. The van der Waals surface area contributed by atoms with Gasteiger partial charge in [-0.2, -0.15) is 5.10 Å². The van der Waals surface area contributed by atoms with E-state index in [1.165, 1.54) is 12.1 Å². The van der Waals surface area contributed by atoms with Gasteiger partial charge in [0.1, 0.15) is 12.4 Å². The number of aliphatic imine (C=N–C) groups is 1. The molecular weight excluding hydrogens is 510 g/mol. The number of halogens is 2. The van der Waals surface area contributed by atoms with E-state index in [-0.39, 0.29) is 42.2 Å². The van der Waals surface area contributed by atoms with E-state index in [2.05, 4.69) is 26.0 Å². The average Bonchev–Trinajstić information content (AvgIpc) is 3.23. The lowest BCUT2D eigenvalue weighted by molar-refractivity contribution is -0.116. The van der Waals surface area contributed by atoms with Gasteiger partial charge in [-0.1, -0.05) is 24.3 Å². The molecule has 3 N–H and O–H groups in total. The van der Waals surface area contributed by atoms with E-state index in [1.807, 2.05) is 30.3 Å². The van der Waals surface area contributed by atoms with Crippen LogP contribution < -0.4 is 16.0 Å². The second-order valence-electron chi connectivity index (χ2n) is 6.68. The monoisotopic (exact) mass is 536 g/mol. The second-order valence-corrected chi connectivity index (χ2v) is 6.68. The van der Waals surface area contributed by atoms with Crippen LogP contribution in [-0.2, 0) is 24.3 Å². The third-order valence-corrected chi connectivity index (χ3v) is 4.35. The van der Waals surface area contributed by atoms with Crippen LogP contribution in [0.1, 0.15) is 11.1 Å². The van der Waals surface area contributed by atoms with Crippen molar-refractivity contribution in [1.82, 2.24) is 20.4 Å². The Balaban J connectivity index is 0.00000341. The minimum Gasteiger partial charge on any atom is -0.356 e. The summed E-state index contributed by atoms with van der Waals surface area (Å²) in [7, 11) is 1.70. The van der Waals surface area contributed by atoms with E-state index < -0.39 is 0 Å². The first kappa shape index (κ1) is 24.3. The molecule has 0 radical (unpaired) electrons. The van der Waals surface area contributed by atoms with Crippen molar-refractivity contribution in [3.63, 3.8) is 0 Å². The van der Waals surface area contributed by atoms with Gasteiger partial charge in [0.05, 0.1) is 0 Å². The van der Waals surface area contributed by atoms with E-state index in [0.717, 1.165) is 16.8 Å². The molecule has 0 aliphatic carbocycles. The lowest BCUT2D eigenvalue weighted by Crippen LogP contribution is -2.37. The van der Waals surface area contributed by atoms with Crippen LogP contribution in [0.15, 0.2) is 72.0 Å². The number of carbonyl (C=O) groups excluding carboxylic acids is 1. The van der Waals surface area contributed by atoms with Crippen LogP contribution in [0.25, 0.3) is 0 Å². The van der Waals surface area contributed by atoms with Crippen molar-refractivity contribution in [2.24, 2.45) is 4.99 Å². The van der Waals surface area contributed by atoms with Crippen molar-refractivity contribution >= 4 is 41.5 Å². The predicted molar refractivity (Wildman–Crippen MR) is 131 cm³/mol. The van der Waals surface area contributed by atoms with E-state index in [9.17, 15) is 9.18 Å². The third kappa shape index (κ3) is 8.36. The summed E-state index contributed by atoms with van der Waals surface area (Å²) in [6.45, 7) is 1.34. The molecule has 2 aromatic carbocycles. The predicted octanol–water partition coefficient (Wildman–Crippen LogP) is 3.19. The topological polar surface area (TPSA) is 83.3 Å². The average molecular weight is 536 g/mol. The Morgan fingerprint density at radius 2 is 1.90 bits per heavy atom. The van der Waals surface area contributed by atoms with Crippen molar-refractivity contribution in [3.8, 4) is 0 Å². The fourth-order valence-corrected chi connectivity index (χ4v) is 2.92. The standard InChI is InChI=1S/C22H25FN6O.HI/c1-24-22(25-11-9-17-5-2-7-19(23)13-17)26-15-18-6-3-8-20(14-18)28-21(30)16-29-12-4-10-27-29;/h2-8,10,12-14H,9,11,15-16H2,1H3,(H,28,30)(H2,24,25,26);1H. The first-order valence-corrected chi connectivity index (χ1v) is 9.67.